The van der Waals surface area contributed by atoms with E-state index in [1.165, 1.54) is 25.3 Å². The predicted molar refractivity (Wildman–Crippen MR) is 130 cm³/mol. The van der Waals surface area contributed by atoms with Gasteiger partial charge in [-0.2, -0.15) is 18.3 Å². The number of alkyl halides is 3. The lowest BCUT2D eigenvalue weighted by Gasteiger charge is -2.12. The molecule has 0 aliphatic carbocycles. The fraction of sp³-hybridized carbons (Fsp3) is 0.154. The van der Waals surface area contributed by atoms with Crippen LogP contribution in [0.15, 0.2) is 71.8 Å². The second-order valence-electron chi connectivity index (χ2n) is 7.74. The Labute approximate surface area is 210 Å². The molecule has 8 nitrogen and oxygen atoms in total. The number of hydrogen-bond acceptors (Lipinski definition) is 6. The van der Waals surface area contributed by atoms with E-state index in [0.29, 0.717) is 17.2 Å². The number of carbonyl (C=O) groups excluding carboxylic acids is 3. The summed E-state index contributed by atoms with van der Waals surface area (Å²) in [4.78, 5) is 36.7. The zero-order chi connectivity index (χ0) is 27.2. The molecule has 0 saturated heterocycles. The Morgan fingerprint density at radius 3 is 2.30 bits per heavy atom. The summed E-state index contributed by atoms with van der Waals surface area (Å²) in [5.41, 5.74) is 2.78. The van der Waals surface area contributed by atoms with Crippen molar-refractivity contribution in [2.24, 2.45) is 5.10 Å². The molecule has 0 aliphatic rings. The van der Waals surface area contributed by atoms with Crippen LogP contribution in [0.1, 0.15) is 34.0 Å². The summed E-state index contributed by atoms with van der Waals surface area (Å²) >= 11 is 0. The third-order valence-corrected chi connectivity index (χ3v) is 5.13. The number of nitrogens with zero attached hydrogens (tertiary/aromatic N) is 1. The number of hydrogen-bond donors (Lipinski definition) is 2. The van der Waals surface area contributed by atoms with E-state index in [2.05, 4.69) is 10.4 Å². The maximum Gasteiger partial charge on any atom is 0.416 e. The average Bonchev–Trinajstić information content (AvgIpc) is 2.87. The van der Waals surface area contributed by atoms with E-state index < -0.39 is 29.5 Å². The molecule has 0 radical (unpaired) electrons. The highest BCUT2D eigenvalue weighted by Gasteiger charge is 2.30. The predicted octanol–water partition coefficient (Wildman–Crippen LogP) is 4.72. The van der Waals surface area contributed by atoms with Gasteiger partial charge in [0.15, 0.2) is 11.5 Å². The van der Waals surface area contributed by atoms with Gasteiger partial charge in [0.05, 0.1) is 23.9 Å². The van der Waals surface area contributed by atoms with E-state index in [4.69, 9.17) is 9.47 Å². The molecule has 0 fully saturated rings. The van der Waals surface area contributed by atoms with E-state index in [1.54, 1.807) is 44.2 Å². The van der Waals surface area contributed by atoms with Crippen LogP contribution in [-0.4, -0.2) is 30.6 Å². The van der Waals surface area contributed by atoms with Crippen molar-refractivity contribution in [2.75, 3.05) is 12.4 Å². The Balaban J connectivity index is 1.67. The molecule has 0 aromatic heterocycles. The van der Waals surface area contributed by atoms with E-state index in [9.17, 15) is 27.6 Å². The molecular formula is C26H22F3N3O5. The van der Waals surface area contributed by atoms with Crippen molar-refractivity contribution >= 4 is 29.2 Å². The van der Waals surface area contributed by atoms with Gasteiger partial charge in [0, 0.05) is 11.3 Å². The summed E-state index contributed by atoms with van der Waals surface area (Å²) in [6.45, 7) is 3.32. The molecule has 3 aromatic carbocycles. The minimum absolute atomic E-state index is 0.164. The van der Waals surface area contributed by atoms with E-state index in [0.717, 1.165) is 17.7 Å². The van der Waals surface area contributed by atoms with Gasteiger partial charge in [-0.3, -0.25) is 9.59 Å². The Morgan fingerprint density at radius 2 is 1.62 bits per heavy atom. The van der Waals surface area contributed by atoms with Gasteiger partial charge in [-0.1, -0.05) is 24.3 Å². The van der Waals surface area contributed by atoms with Gasteiger partial charge in [0.2, 0.25) is 0 Å². The first-order valence-electron chi connectivity index (χ1n) is 10.8. The van der Waals surface area contributed by atoms with Gasteiger partial charge in [0.1, 0.15) is 0 Å². The summed E-state index contributed by atoms with van der Waals surface area (Å²) in [7, 11) is 1.39. The van der Waals surface area contributed by atoms with Crippen LogP contribution in [0.25, 0.3) is 0 Å². The summed E-state index contributed by atoms with van der Waals surface area (Å²) in [6, 6.07) is 15.4. The standard InChI is InChI=1S/C26H22F3N3O5/c1-15-7-4-5-10-20(15)25(35)37-21-12-11-17(13-22(21)36-3)16(2)31-32-24(34)23(33)30-19-9-6-8-18(14-19)26(27,28)29/h4-14H,1-3H3,(H,30,33)(H,32,34)/b31-16+. The number of methoxy groups -OCH3 is 1. The van der Waals surface area contributed by atoms with Crippen molar-refractivity contribution in [1.82, 2.24) is 5.43 Å². The highest BCUT2D eigenvalue weighted by atomic mass is 19.4. The molecule has 3 rings (SSSR count). The molecule has 0 atom stereocenters. The maximum absolute atomic E-state index is 12.8. The molecule has 11 heteroatoms. The van der Waals surface area contributed by atoms with E-state index in [1.807, 2.05) is 5.43 Å². The van der Waals surface area contributed by atoms with Gasteiger partial charge in [-0.15, -0.1) is 0 Å². The Morgan fingerprint density at radius 1 is 0.892 bits per heavy atom. The lowest BCUT2D eigenvalue weighted by atomic mass is 10.1. The topological polar surface area (TPSA) is 106 Å². The molecule has 37 heavy (non-hydrogen) atoms. The number of ether oxygens (including phenoxy) is 2. The minimum atomic E-state index is -4.60. The normalized spacial score (nSPS) is 11.5. The number of aryl methyl sites for hydroxylation is 1. The summed E-state index contributed by atoms with van der Waals surface area (Å²) in [5.74, 6) is -2.56. The molecule has 0 unspecified atom stereocenters. The number of benzene rings is 3. The molecule has 3 aromatic rings. The lowest BCUT2D eigenvalue weighted by Crippen LogP contribution is -2.33. The molecule has 0 aliphatic heterocycles. The van der Waals surface area contributed by atoms with Crippen LogP contribution in [0.4, 0.5) is 18.9 Å². The Bertz CT molecular complexity index is 1370. The fourth-order valence-electron chi connectivity index (χ4n) is 3.14. The molecule has 0 heterocycles. The van der Waals surface area contributed by atoms with E-state index in [-0.39, 0.29) is 22.9 Å². The van der Waals surface area contributed by atoms with Crippen LogP contribution < -0.4 is 20.2 Å². The Hall–Kier alpha value is -4.67. The first-order chi connectivity index (χ1) is 17.5. The highest BCUT2D eigenvalue weighted by Crippen LogP contribution is 2.31. The zero-order valence-electron chi connectivity index (χ0n) is 20.0. The van der Waals surface area contributed by atoms with Crippen molar-refractivity contribution in [3.8, 4) is 11.5 Å². The van der Waals surface area contributed by atoms with Crippen molar-refractivity contribution in [2.45, 2.75) is 20.0 Å². The molecule has 0 bridgehead atoms. The monoisotopic (exact) mass is 513 g/mol. The van der Waals surface area contributed by atoms with Crippen molar-refractivity contribution in [1.29, 1.82) is 0 Å². The minimum Gasteiger partial charge on any atom is -0.493 e. The molecule has 192 valence electrons. The summed E-state index contributed by atoms with van der Waals surface area (Å²) < 4.78 is 49.2. The third-order valence-electron chi connectivity index (χ3n) is 5.13. The van der Waals surface area contributed by atoms with Gasteiger partial charge in [0.25, 0.3) is 0 Å². The second-order valence-corrected chi connectivity index (χ2v) is 7.74. The molecule has 0 spiro atoms. The third kappa shape index (κ3) is 6.94. The van der Waals surface area contributed by atoms with Gasteiger partial charge >= 0.3 is 24.0 Å². The first-order valence-corrected chi connectivity index (χ1v) is 10.8. The number of rotatable bonds is 6. The van der Waals surface area contributed by atoms with Crippen LogP contribution in [-0.2, 0) is 15.8 Å². The van der Waals surface area contributed by atoms with Crippen molar-refractivity contribution < 1.29 is 37.0 Å². The SMILES string of the molecule is COc1cc(/C(C)=N/NC(=O)C(=O)Nc2cccc(C(F)(F)F)c2)ccc1OC(=O)c1ccccc1C. The summed E-state index contributed by atoms with van der Waals surface area (Å²) in [5, 5.41) is 5.94. The largest absolute Gasteiger partial charge is 0.493 e. The lowest BCUT2D eigenvalue weighted by molar-refractivity contribution is -0.137. The highest BCUT2D eigenvalue weighted by molar-refractivity contribution is 6.39. The van der Waals surface area contributed by atoms with Gasteiger partial charge < -0.3 is 14.8 Å². The number of hydrazone groups is 1. The first kappa shape index (κ1) is 26.9. The molecule has 2 amide bonds. The zero-order valence-corrected chi connectivity index (χ0v) is 20.0. The number of amides is 2. The average molecular weight is 513 g/mol. The van der Waals surface area contributed by atoms with E-state index >= 15 is 0 Å². The molecular weight excluding hydrogens is 491 g/mol. The van der Waals surface area contributed by atoms with Crippen molar-refractivity contribution in [3.63, 3.8) is 0 Å². The van der Waals surface area contributed by atoms with Gasteiger partial charge in [-0.25, -0.2) is 10.2 Å². The van der Waals surface area contributed by atoms with Crippen LogP contribution >= 0.6 is 0 Å². The van der Waals surface area contributed by atoms with Gasteiger partial charge in [-0.05, 0) is 61.9 Å². The summed E-state index contributed by atoms with van der Waals surface area (Å²) in [6.07, 6.45) is -4.60. The molecule has 2 N–H and O–H groups in total. The number of nitrogens with one attached hydrogen (secondary N) is 2. The number of esters is 1. The quantitative estimate of drug-likeness (QED) is 0.163. The number of anilines is 1. The fourth-order valence-corrected chi connectivity index (χ4v) is 3.14. The smallest absolute Gasteiger partial charge is 0.416 e. The van der Waals surface area contributed by atoms with Crippen LogP contribution in [0.2, 0.25) is 0 Å². The second kappa shape index (κ2) is 11.4. The number of carbonyl (C=O) groups is 3. The molecule has 0 saturated carbocycles. The maximum atomic E-state index is 12.8. The van der Waals surface area contributed by atoms with Crippen LogP contribution in [0.5, 0.6) is 11.5 Å². The van der Waals surface area contributed by atoms with Crippen LogP contribution in [0, 0.1) is 6.92 Å². The van der Waals surface area contributed by atoms with Crippen molar-refractivity contribution in [3.05, 3.63) is 89.0 Å². The van der Waals surface area contributed by atoms with Crippen LogP contribution in [0.3, 0.4) is 0 Å². The number of halogens is 3. The Kier molecular flexibility index (Phi) is 8.28.